The van der Waals surface area contributed by atoms with Crippen LogP contribution in [0.2, 0.25) is 0 Å². The van der Waals surface area contributed by atoms with E-state index in [1.807, 2.05) is 29.1 Å². The third-order valence-corrected chi connectivity index (χ3v) is 4.18. The number of nitrogens with one attached hydrogen (secondary N) is 1. The highest BCUT2D eigenvalue weighted by atomic mass is 32.2. The van der Waals surface area contributed by atoms with Crippen LogP contribution in [0.25, 0.3) is 0 Å². The van der Waals surface area contributed by atoms with Crippen molar-refractivity contribution in [1.82, 2.24) is 9.29 Å². The largest absolute Gasteiger partial charge is 0.478 e. The lowest BCUT2D eigenvalue weighted by Crippen LogP contribution is -2.27. The fourth-order valence-electron chi connectivity index (χ4n) is 1.71. The van der Waals surface area contributed by atoms with Gasteiger partial charge in [0.1, 0.15) is 0 Å². The summed E-state index contributed by atoms with van der Waals surface area (Å²) >= 11 is 0. The first kappa shape index (κ1) is 14.3. The zero-order valence-electron chi connectivity index (χ0n) is 10.6. The van der Waals surface area contributed by atoms with Crippen LogP contribution >= 0.6 is 0 Å². The van der Waals surface area contributed by atoms with Crippen LogP contribution in [0.5, 0.6) is 0 Å². The summed E-state index contributed by atoms with van der Waals surface area (Å²) < 4.78 is 28.3. The Hall–Kier alpha value is -2.12. The van der Waals surface area contributed by atoms with Gasteiger partial charge in [0.15, 0.2) is 0 Å². The molecular weight excluding hydrogens is 280 g/mol. The van der Waals surface area contributed by atoms with Crippen LogP contribution < -0.4 is 4.72 Å². The van der Waals surface area contributed by atoms with E-state index >= 15 is 0 Å². The van der Waals surface area contributed by atoms with Crippen molar-refractivity contribution in [2.45, 2.75) is 11.4 Å². The lowest BCUT2D eigenvalue weighted by molar-refractivity contribution is 0.0696. The number of carboxylic acids is 1. The van der Waals surface area contributed by atoms with Crippen LogP contribution in [0, 0.1) is 0 Å². The predicted octanol–water partition coefficient (Wildman–Crippen LogP) is 1.16. The number of sulfonamides is 1. The van der Waals surface area contributed by atoms with E-state index in [9.17, 15) is 13.2 Å². The second-order valence-electron chi connectivity index (χ2n) is 4.15. The van der Waals surface area contributed by atoms with E-state index in [0.29, 0.717) is 6.54 Å². The number of hydrogen-bond donors (Lipinski definition) is 2. The molecule has 0 fully saturated rings. The quantitative estimate of drug-likeness (QED) is 0.837. The van der Waals surface area contributed by atoms with Gasteiger partial charge in [-0.1, -0.05) is 6.07 Å². The Kier molecular flexibility index (Phi) is 4.21. The topological polar surface area (TPSA) is 88.4 Å². The van der Waals surface area contributed by atoms with Gasteiger partial charge in [-0.15, -0.1) is 0 Å². The second-order valence-corrected chi connectivity index (χ2v) is 5.92. The summed E-state index contributed by atoms with van der Waals surface area (Å²) in [5.74, 6) is -1.16. The van der Waals surface area contributed by atoms with Crippen LogP contribution in [0.15, 0.2) is 53.7 Å². The number of aromatic carboxylic acids is 1. The molecule has 0 radical (unpaired) electrons. The molecule has 0 saturated carbocycles. The van der Waals surface area contributed by atoms with E-state index in [2.05, 4.69) is 4.72 Å². The summed E-state index contributed by atoms with van der Waals surface area (Å²) in [5, 5.41) is 8.86. The predicted molar refractivity (Wildman–Crippen MR) is 73.0 cm³/mol. The standard InChI is InChI=1S/C13H14N2O4S/c16-13(17)11-4-3-5-12(10-11)20(18,19)14-6-9-15-7-1-2-8-15/h1-5,7-8,10,14H,6,9H2,(H,16,17). The molecule has 1 aromatic carbocycles. The molecule has 0 saturated heterocycles. The average molecular weight is 294 g/mol. The maximum atomic E-state index is 12.0. The molecule has 0 atom stereocenters. The number of hydrogen-bond acceptors (Lipinski definition) is 3. The van der Waals surface area contributed by atoms with Crippen molar-refractivity contribution in [2.24, 2.45) is 0 Å². The van der Waals surface area contributed by atoms with E-state index in [1.165, 1.54) is 18.2 Å². The zero-order valence-corrected chi connectivity index (χ0v) is 11.4. The second kappa shape index (κ2) is 5.89. The van der Waals surface area contributed by atoms with Crippen molar-refractivity contribution in [1.29, 1.82) is 0 Å². The highest BCUT2D eigenvalue weighted by Gasteiger charge is 2.15. The molecule has 6 nitrogen and oxygen atoms in total. The molecule has 0 aliphatic carbocycles. The fourth-order valence-corrected chi connectivity index (χ4v) is 2.77. The summed E-state index contributed by atoms with van der Waals surface area (Å²) in [4.78, 5) is 10.8. The first-order valence-electron chi connectivity index (χ1n) is 5.93. The van der Waals surface area contributed by atoms with Gasteiger partial charge in [0.05, 0.1) is 10.5 Å². The summed E-state index contributed by atoms with van der Waals surface area (Å²) in [7, 11) is -3.70. The van der Waals surface area contributed by atoms with Gasteiger partial charge in [-0.2, -0.15) is 0 Å². The zero-order chi connectivity index (χ0) is 14.6. The number of aromatic nitrogens is 1. The lowest BCUT2D eigenvalue weighted by atomic mass is 10.2. The van der Waals surface area contributed by atoms with Crippen LogP contribution in [0.1, 0.15) is 10.4 Å². The Morgan fingerprint density at radius 3 is 2.55 bits per heavy atom. The number of nitrogens with zero attached hydrogens (tertiary/aromatic N) is 1. The average Bonchev–Trinajstić information content (AvgIpc) is 2.92. The number of benzene rings is 1. The normalized spacial score (nSPS) is 11.4. The van der Waals surface area contributed by atoms with Gasteiger partial charge < -0.3 is 9.67 Å². The first-order valence-corrected chi connectivity index (χ1v) is 7.41. The molecule has 7 heteroatoms. The number of carboxylic acid groups (broad SMARTS) is 1. The minimum Gasteiger partial charge on any atom is -0.478 e. The highest BCUT2D eigenvalue weighted by molar-refractivity contribution is 7.89. The molecule has 106 valence electrons. The van der Waals surface area contributed by atoms with E-state index in [-0.39, 0.29) is 17.0 Å². The van der Waals surface area contributed by atoms with Crippen molar-refractivity contribution >= 4 is 16.0 Å². The smallest absolute Gasteiger partial charge is 0.335 e. The Balaban J connectivity index is 2.06. The van der Waals surface area contributed by atoms with Crippen molar-refractivity contribution in [2.75, 3.05) is 6.54 Å². The molecule has 0 unspecified atom stereocenters. The molecule has 1 heterocycles. The summed E-state index contributed by atoms with van der Waals surface area (Å²) in [6, 6.07) is 8.96. The van der Waals surface area contributed by atoms with Gasteiger partial charge in [-0.3, -0.25) is 0 Å². The number of carbonyl (C=O) groups is 1. The molecule has 0 aliphatic rings. The third kappa shape index (κ3) is 3.46. The van der Waals surface area contributed by atoms with E-state index in [1.54, 1.807) is 0 Å². The third-order valence-electron chi connectivity index (χ3n) is 2.72. The Morgan fingerprint density at radius 2 is 1.90 bits per heavy atom. The van der Waals surface area contributed by atoms with Crippen molar-refractivity contribution in [3.05, 3.63) is 54.4 Å². The van der Waals surface area contributed by atoms with Crippen molar-refractivity contribution in [3.8, 4) is 0 Å². The Labute approximate surface area is 116 Å². The molecule has 1 aromatic heterocycles. The SMILES string of the molecule is O=C(O)c1cccc(S(=O)(=O)NCCn2cccc2)c1. The molecule has 2 rings (SSSR count). The van der Waals surface area contributed by atoms with Crippen LogP contribution in [0.3, 0.4) is 0 Å². The molecule has 0 bridgehead atoms. The molecular formula is C13H14N2O4S. The maximum absolute atomic E-state index is 12.0. The molecule has 2 N–H and O–H groups in total. The monoisotopic (exact) mass is 294 g/mol. The first-order chi connectivity index (χ1) is 9.49. The molecule has 0 aliphatic heterocycles. The van der Waals surface area contributed by atoms with E-state index in [4.69, 9.17) is 5.11 Å². The molecule has 0 spiro atoms. The van der Waals surface area contributed by atoms with Gasteiger partial charge in [0.25, 0.3) is 0 Å². The summed E-state index contributed by atoms with van der Waals surface area (Å²) in [5.41, 5.74) is -0.0571. The van der Waals surface area contributed by atoms with Crippen molar-refractivity contribution in [3.63, 3.8) is 0 Å². The minimum absolute atomic E-state index is 0.0510. The van der Waals surface area contributed by atoms with Crippen LogP contribution in [-0.4, -0.2) is 30.6 Å². The molecule has 20 heavy (non-hydrogen) atoms. The van der Waals surface area contributed by atoms with Crippen LogP contribution in [0.4, 0.5) is 0 Å². The molecule has 0 amide bonds. The summed E-state index contributed by atoms with van der Waals surface area (Å²) in [6.07, 6.45) is 3.67. The van der Waals surface area contributed by atoms with E-state index in [0.717, 1.165) is 6.07 Å². The van der Waals surface area contributed by atoms with Gasteiger partial charge in [0, 0.05) is 25.5 Å². The minimum atomic E-state index is -3.70. The Bertz CT molecular complexity index is 693. The number of rotatable bonds is 6. The van der Waals surface area contributed by atoms with Crippen molar-refractivity contribution < 1.29 is 18.3 Å². The highest BCUT2D eigenvalue weighted by Crippen LogP contribution is 2.11. The summed E-state index contributed by atoms with van der Waals surface area (Å²) in [6.45, 7) is 0.735. The fraction of sp³-hybridized carbons (Fsp3) is 0.154. The van der Waals surface area contributed by atoms with Crippen LogP contribution in [-0.2, 0) is 16.6 Å². The lowest BCUT2D eigenvalue weighted by Gasteiger charge is -2.08. The molecule has 2 aromatic rings. The van der Waals surface area contributed by atoms with E-state index < -0.39 is 16.0 Å². The maximum Gasteiger partial charge on any atom is 0.335 e. The van der Waals surface area contributed by atoms with Gasteiger partial charge in [0.2, 0.25) is 10.0 Å². The Morgan fingerprint density at radius 1 is 1.20 bits per heavy atom. The van der Waals surface area contributed by atoms with Gasteiger partial charge >= 0.3 is 5.97 Å². The van der Waals surface area contributed by atoms with Gasteiger partial charge in [-0.05, 0) is 30.3 Å². The van der Waals surface area contributed by atoms with Gasteiger partial charge in [-0.25, -0.2) is 17.9 Å².